The molecule has 0 atom stereocenters. The predicted molar refractivity (Wildman–Crippen MR) is 218 cm³/mol. The molecule has 4 heterocycles. The fraction of sp³-hybridized carbons (Fsp3) is 0. The number of fused-ring (bicyclic) bond motifs is 12. The second kappa shape index (κ2) is 10.6. The lowest BCUT2D eigenvalue weighted by molar-refractivity contribution is 0.669. The minimum atomic E-state index is -0.629. The fourth-order valence-electron chi connectivity index (χ4n) is 7.69. The Bertz CT molecular complexity index is 4220. The van der Waals surface area contributed by atoms with Crippen LogP contribution in [-0.4, -0.2) is 19.1 Å². The van der Waals surface area contributed by atoms with Crippen molar-refractivity contribution in [3.05, 3.63) is 170 Å². The second-order valence-electron chi connectivity index (χ2n) is 12.8. The van der Waals surface area contributed by atoms with Gasteiger partial charge in [-0.2, -0.15) is 0 Å². The number of hydrogen-bond donors (Lipinski definition) is 0. The zero-order valence-corrected chi connectivity index (χ0v) is 27.4. The average molecular weight is 690 g/mol. The van der Waals surface area contributed by atoms with E-state index in [-0.39, 0.29) is 60.8 Å². The number of benzene rings is 8. The van der Waals surface area contributed by atoms with E-state index in [0.717, 1.165) is 38.3 Å². The van der Waals surface area contributed by atoms with Crippen LogP contribution in [0.2, 0.25) is 0 Å². The molecule has 5 nitrogen and oxygen atoms in total. The standard InChI is InChI=1S/C48H28N4O/c1-2-14-32(15-3-1)51-39-20-10-7-17-34(39)45-41(51)23-24-42-46(45)35-18-8-11-21-40(35)52(42)48-49-38-19-9-6-16-33(38)47(50-48)31-22-25-43-36(27-31)37-26-29-12-4-5-13-30(29)28-44(37)53-43/h1-28H/i4D,5D,6D,9D,12D,13D,16D,19D,22D,25D,26D,27D,28D. The minimum absolute atomic E-state index is 0.0565. The Morgan fingerprint density at radius 3 is 1.91 bits per heavy atom. The van der Waals surface area contributed by atoms with Crippen LogP contribution in [0.1, 0.15) is 17.8 Å². The van der Waals surface area contributed by atoms with Crippen molar-refractivity contribution in [2.75, 3.05) is 0 Å². The first-order valence-electron chi connectivity index (χ1n) is 23.4. The van der Waals surface area contributed by atoms with Gasteiger partial charge in [0.25, 0.3) is 0 Å². The molecule has 5 heteroatoms. The van der Waals surface area contributed by atoms with Crippen LogP contribution in [0.5, 0.6) is 0 Å². The van der Waals surface area contributed by atoms with E-state index in [2.05, 4.69) is 16.7 Å². The van der Waals surface area contributed by atoms with E-state index in [0.29, 0.717) is 11.0 Å². The Morgan fingerprint density at radius 1 is 0.472 bits per heavy atom. The van der Waals surface area contributed by atoms with Gasteiger partial charge in [0.05, 0.1) is 51.1 Å². The maximum Gasteiger partial charge on any atom is 0.235 e. The molecule has 4 aromatic heterocycles. The van der Waals surface area contributed by atoms with Gasteiger partial charge in [-0.1, -0.05) is 96.9 Å². The fourth-order valence-corrected chi connectivity index (χ4v) is 7.69. The van der Waals surface area contributed by atoms with Crippen molar-refractivity contribution in [3.8, 4) is 22.9 Å². The molecule has 246 valence electrons. The summed E-state index contributed by atoms with van der Waals surface area (Å²) in [7, 11) is 0. The normalized spacial score (nSPS) is 15.6. The van der Waals surface area contributed by atoms with E-state index in [4.69, 9.17) is 26.7 Å². The quantitative estimate of drug-likeness (QED) is 0.185. The molecule has 0 saturated heterocycles. The lowest BCUT2D eigenvalue weighted by Gasteiger charge is -2.12. The van der Waals surface area contributed by atoms with Crippen molar-refractivity contribution in [2.45, 2.75) is 0 Å². The van der Waals surface area contributed by atoms with Crippen molar-refractivity contribution in [2.24, 2.45) is 0 Å². The molecule has 0 aliphatic rings. The van der Waals surface area contributed by atoms with Crippen LogP contribution in [0.3, 0.4) is 0 Å². The smallest absolute Gasteiger partial charge is 0.235 e. The maximum absolute atomic E-state index is 9.78. The molecule has 0 bridgehead atoms. The first-order chi connectivity index (χ1) is 31.7. The van der Waals surface area contributed by atoms with Crippen molar-refractivity contribution >= 4 is 87.2 Å². The monoisotopic (exact) mass is 689 g/mol. The van der Waals surface area contributed by atoms with E-state index in [1.807, 2.05) is 78.9 Å². The Hall–Kier alpha value is -7.24. The van der Waals surface area contributed by atoms with E-state index < -0.39 is 78.6 Å². The highest BCUT2D eigenvalue weighted by atomic mass is 16.3. The Kier molecular flexibility index (Phi) is 3.78. The number of para-hydroxylation sites is 4. The summed E-state index contributed by atoms with van der Waals surface area (Å²) in [5.74, 6) is -0.0565. The highest BCUT2D eigenvalue weighted by Crippen LogP contribution is 2.43. The highest BCUT2D eigenvalue weighted by Gasteiger charge is 2.22. The van der Waals surface area contributed by atoms with E-state index in [1.54, 1.807) is 4.57 Å². The third-order valence-corrected chi connectivity index (χ3v) is 9.89. The van der Waals surface area contributed by atoms with Gasteiger partial charge in [0.15, 0.2) is 0 Å². The summed E-state index contributed by atoms with van der Waals surface area (Å²) in [4.78, 5) is 9.87. The van der Waals surface area contributed by atoms with Gasteiger partial charge < -0.3 is 8.98 Å². The SMILES string of the molecule is [2H]c1c([2H])c([2H])c2c(-c3c([2H])c([2H])c4oc5c([2H])c6c([2H])c([2H])c([2H])c([2H])c6c([2H])c5c4c3[2H])nc(-n3c4ccccc4c4c5c6ccccc6n(-c6ccccc6)c5ccc43)nc2c1[2H]. The second-order valence-corrected chi connectivity index (χ2v) is 12.8. The topological polar surface area (TPSA) is 48.8 Å². The van der Waals surface area contributed by atoms with Crippen LogP contribution >= 0.6 is 0 Å². The first kappa shape index (κ1) is 18.8. The zero-order chi connectivity index (χ0) is 45.9. The molecule has 0 saturated carbocycles. The minimum Gasteiger partial charge on any atom is -0.456 e. The maximum atomic E-state index is 9.78. The van der Waals surface area contributed by atoms with Crippen LogP contribution in [0, 0.1) is 0 Å². The number of nitrogens with zero attached hydrogens (tertiary/aromatic N) is 4. The molecule has 0 aliphatic heterocycles. The van der Waals surface area contributed by atoms with Crippen LogP contribution in [-0.2, 0) is 0 Å². The van der Waals surface area contributed by atoms with Gasteiger partial charge in [0, 0.05) is 49.0 Å². The molecule has 0 spiro atoms. The Balaban J connectivity index is 1.23. The lowest BCUT2D eigenvalue weighted by Crippen LogP contribution is -2.03. The third kappa shape index (κ3) is 4.02. The molecule has 8 aromatic carbocycles. The molecule has 0 aliphatic carbocycles. The summed E-state index contributed by atoms with van der Waals surface area (Å²) in [6.45, 7) is 0. The van der Waals surface area contributed by atoms with Gasteiger partial charge in [-0.3, -0.25) is 4.57 Å². The number of hydrogen-bond acceptors (Lipinski definition) is 3. The summed E-state index contributed by atoms with van der Waals surface area (Å²) in [5.41, 5.74) is 2.67. The predicted octanol–water partition coefficient (Wildman–Crippen LogP) is 12.5. The molecular weight excluding hydrogens is 649 g/mol. The Morgan fingerprint density at radius 2 is 1.11 bits per heavy atom. The largest absolute Gasteiger partial charge is 0.456 e. The van der Waals surface area contributed by atoms with Gasteiger partial charge >= 0.3 is 0 Å². The van der Waals surface area contributed by atoms with Crippen LogP contribution in [0.4, 0.5) is 0 Å². The summed E-state index contributed by atoms with van der Waals surface area (Å²) in [6.07, 6.45) is 0. The summed E-state index contributed by atoms with van der Waals surface area (Å²) in [6, 6.07) is 22.4. The van der Waals surface area contributed by atoms with Crippen LogP contribution < -0.4 is 0 Å². The van der Waals surface area contributed by atoms with Gasteiger partial charge in [-0.15, -0.1) is 0 Å². The Labute approximate surface area is 320 Å². The molecule has 53 heavy (non-hydrogen) atoms. The molecule has 12 aromatic rings. The molecule has 0 amide bonds. The van der Waals surface area contributed by atoms with Crippen LogP contribution in [0.15, 0.2) is 174 Å². The van der Waals surface area contributed by atoms with E-state index >= 15 is 0 Å². The number of furan rings is 1. The lowest BCUT2D eigenvalue weighted by atomic mass is 10.0. The van der Waals surface area contributed by atoms with Gasteiger partial charge in [-0.05, 0) is 83.4 Å². The molecule has 12 rings (SSSR count). The molecule has 0 unspecified atom stereocenters. The summed E-state index contributed by atoms with van der Waals surface area (Å²) < 4.78 is 126. The summed E-state index contributed by atoms with van der Waals surface area (Å²) in [5, 5.41) is 2.40. The first-order valence-corrected chi connectivity index (χ1v) is 16.9. The molecule has 0 fully saturated rings. The molecular formula is C48H28N4O. The van der Waals surface area contributed by atoms with Crippen molar-refractivity contribution in [1.29, 1.82) is 0 Å². The zero-order valence-electron chi connectivity index (χ0n) is 40.4. The van der Waals surface area contributed by atoms with Gasteiger partial charge in [0.2, 0.25) is 5.95 Å². The van der Waals surface area contributed by atoms with Gasteiger partial charge in [-0.25, -0.2) is 9.97 Å². The van der Waals surface area contributed by atoms with Crippen molar-refractivity contribution < 1.29 is 22.2 Å². The average Bonchev–Trinajstić information content (AvgIpc) is 4.01. The number of rotatable bonds is 3. The molecule has 0 radical (unpaired) electrons. The van der Waals surface area contributed by atoms with Crippen LogP contribution in [0.25, 0.3) is 110 Å². The van der Waals surface area contributed by atoms with E-state index in [9.17, 15) is 5.48 Å². The molecule has 0 N–H and O–H groups in total. The van der Waals surface area contributed by atoms with Gasteiger partial charge in [0.1, 0.15) is 11.2 Å². The number of aromatic nitrogens is 4. The summed E-state index contributed by atoms with van der Waals surface area (Å²) >= 11 is 0. The third-order valence-electron chi connectivity index (χ3n) is 9.89. The van der Waals surface area contributed by atoms with Crippen molar-refractivity contribution in [3.63, 3.8) is 0 Å². The van der Waals surface area contributed by atoms with E-state index in [1.165, 1.54) is 0 Å². The highest BCUT2D eigenvalue weighted by molar-refractivity contribution is 6.29. The van der Waals surface area contributed by atoms with Crippen molar-refractivity contribution in [1.82, 2.24) is 19.1 Å².